The molecule has 1 aliphatic rings. The van der Waals surface area contributed by atoms with E-state index in [0.717, 1.165) is 18.4 Å². The molecule has 2 heteroatoms. The first-order valence-electron chi connectivity index (χ1n) is 5.72. The van der Waals surface area contributed by atoms with E-state index in [1.165, 1.54) is 38.8 Å². The Kier molecular flexibility index (Phi) is 5.40. The van der Waals surface area contributed by atoms with Crippen molar-refractivity contribution in [1.29, 1.82) is 0 Å². The molecule has 0 radical (unpaired) electrons. The molecule has 1 rings (SSSR count). The standard InChI is InChI=1S/C11H24N2/c1-3-10(7-12-2)8-13-9-11-5-4-6-11/h10-13H,3-9H2,1-2H3. The fraction of sp³-hybridized carbons (Fsp3) is 1.00. The van der Waals surface area contributed by atoms with Gasteiger partial charge in [0, 0.05) is 0 Å². The Morgan fingerprint density at radius 2 is 2.08 bits per heavy atom. The average molecular weight is 184 g/mol. The van der Waals surface area contributed by atoms with Gasteiger partial charge in [0.15, 0.2) is 0 Å². The maximum absolute atomic E-state index is 3.58. The minimum atomic E-state index is 0.810. The van der Waals surface area contributed by atoms with Gasteiger partial charge in [0.25, 0.3) is 0 Å². The highest BCUT2D eigenvalue weighted by molar-refractivity contribution is 4.72. The Bertz CT molecular complexity index is 121. The van der Waals surface area contributed by atoms with E-state index in [1.807, 2.05) is 7.05 Å². The van der Waals surface area contributed by atoms with E-state index in [4.69, 9.17) is 0 Å². The zero-order valence-electron chi connectivity index (χ0n) is 9.10. The van der Waals surface area contributed by atoms with E-state index >= 15 is 0 Å². The van der Waals surface area contributed by atoms with E-state index in [1.54, 1.807) is 0 Å². The van der Waals surface area contributed by atoms with Crippen LogP contribution in [0, 0.1) is 11.8 Å². The normalized spacial score (nSPS) is 19.8. The predicted octanol–water partition coefficient (Wildman–Crippen LogP) is 1.62. The lowest BCUT2D eigenvalue weighted by Crippen LogP contribution is -2.34. The lowest BCUT2D eigenvalue weighted by molar-refractivity contribution is 0.292. The molecule has 13 heavy (non-hydrogen) atoms. The number of hydrogen-bond donors (Lipinski definition) is 2. The summed E-state index contributed by atoms with van der Waals surface area (Å²) in [4.78, 5) is 0. The molecule has 2 nitrogen and oxygen atoms in total. The van der Waals surface area contributed by atoms with Crippen molar-refractivity contribution in [3.8, 4) is 0 Å². The third-order valence-electron chi connectivity index (χ3n) is 3.16. The van der Waals surface area contributed by atoms with Crippen LogP contribution in [0.4, 0.5) is 0 Å². The molecule has 0 aromatic heterocycles. The highest BCUT2D eigenvalue weighted by atomic mass is 14.9. The van der Waals surface area contributed by atoms with Gasteiger partial charge in [0.1, 0.15) is 0 Å². The van der Waals surface area contributed by atoms with Crippen LogP contribution in [0.2, 0.25) is 0 Å². The Morgan fingerprint density at radius 3 is 2.54 bits per heavy atom. The molecule has 0 heterocycles. The summed E-state index contributed by atoms with van der Waals surface area (Å²) in [6.07, 6.45) is 5.64. The Labute approximate surface area is 82.5 Å². The summed E-state index contributed by atoms with van der Waals surface area (Å²) in [5, 5.41) is 6.83. The molecule has 1 fully saturated rings. The molecule has 1 aliphatic carbocycles. The van der Waals surface area contributed by atoms with Gasteiger partial charge < -0.3 is 10.6 Å². The summed E-state index contributed by atoms with van der Waals surface area (Å²) in [6, 6.07) is 0. The quantitative estimate of drug-likeness (QED) is 0.628. The van der Waals surface area contributed by atoms with Crippen molar-refractivity contribution >= 4 is 0 Å². The first kappa shape index (κ1) is 11.0. The van der Waals surface area contributed by atoms with Gasteiger partial charge in [-0.2, -0.15) is 0 Å². The maximum atomic E-state index is 3.58. The summed E-state index contributed by atoms with van der Waals surface area (Å²) in [5.74, 6) is 1.80. The van der Waals surface area contributed by atoms with Crippen LogP contribution in [-0.4, -0.2) is 26.7 Å². The van der Waals surface area contributed by atoms with Gasteiger partial charge in [-0.1, -0.05) is 19.8 Å². The van der Waals surface area contributed by atoms with Gasteiger partial charge in [-0.3, -0.25) is 0 Å². The molecule has 0 amide bonds. The van der Waals surface area contributed by atoms with Crippen molar-refractivity contribution in [1.82, 2.24) is 10.6 Å². The molecule has 2 N–H and O–H groups in total. The minimum absolute atomic E-state index is 0.810. The first-order chi connectivity index (χ1) is 6.36. The van der Waals surface area contributed by atoms with Crippen LogP contribution in [0.15, 0.2) is 0 Å². The summed E-state index contributed by atoms with van der Waals surface area (Å²) >= 11 is 0. The molecule has 1 unspecified atom stereocenters. The fourth-order valence-electron chi connectivity index (χ4n) is 1.84. The van der Waals surface area contributed by atoms with Crippen molar-refractivity contribution in [2.75, 3.05) is 26.7 Å². The molecular weight excluding hydrogens is 160 g/mol. The highest BCUT2D eigenvalue weighted by Gasteiger charge is 2.16. The largest absolute Gasteiger partial charge is 0.319 e. The minimum Gasteiger partial charge on any atom is -0.319 e. The van der Waals surface area contributed by atoms with E-state index in [-0.39, 0.29) is 0 Å². The zero-order chi connectivity index (χ0) is 9.52. The van der Waals surface area contributed by atoms with Crippen molar-refractivity contribution < 1.29 is 0 Å². The van der Waals surface area contributed by atoms with Crippen LogP contribution in [-0.2, 0) is 0 Å². The summed E-state index contributed by atoms with van der Waals surface area (Å²) in [7, 11) is 2.04. The van der Waals surface area contributed by atoms with Gasteiger partial charge in [-0.05, 0) is 51.4 Å². The molecule has 1 atom stereocenters. The molecule has 1 saturated carbocycles. The van der Waals surface area contributed by atoms with Crippen LogP contribution in [0.25, 0.3) is 0 Å². The van der Waals surface area contributed by atoms with Crippen LogP contribution in [0.3, 0.4) is 0 Å². The SMILES string of the molecule is CCC(CNC)CNCC1CCC1. The molecule has 0 aromatic carbocycles. The number of hydrogen-bond acceptors (Lipinski definition) is 2. The topological polar surface area (TPSA) is 24.1 Å². The fourth-order valence-corrected chi connectivity index (χ4v) is 1.84. The molecule has 0 aromatic rings. The zero-order valence-corrected chi connectivity index (χ0v) is 9.10. The number of rotatable bonds is 7. The van der Waals surface area contributed by atoms with Gasteiger partial charge >= 0.3 is 0 Å². The first-order valence-corrected chi connectivity index (χ1v) is 5.72. The lowest BCUT2D eigenvalue weighted by Gasteiger charge is -2.26. The number of nitrogens with one attached hydrogen (secondary N) is 2. The van der Waals surface area contributed by atoms with Gasteiger partial charge in [0.2, 0.25) is 0 Å². The van der Waals surface area contributed by atoms with Crippen LogP contribution in [0.1, 0.15) is 32.6 Å². The monoisotopic (exact) mass is 184 g/mol. The van der Waals surface area contributed by atoms with E-state index in [9.17, 15) is 0 Å². The van der Waals surface area contributed by atoms with Crippen molar-refractivity contribution in [2.24, 2.45) is 11.8 Å². The van der Waals surface area contributed by atoms with Crippen LogP contribution >= 0.6 is 0 Å². The second-order valence-corrected chi connectivity index (χ2v) is 4.29. The van der Waals surface area contributed by atoms with Crippen LogP contribution in [0.5, 0.6) is 0 Å². The maximum Gasteiger partial charge on any atom is -0.000837 e. The van der Waals surface area contributed by atoms with E-state index < -0.39 is 0 Å². The van der Waals surface area contributed by atoms with Gasteiger partial charge in [-0.15, -0.1) is 0 Å². The molecule has 0 saturated heterocycles. The Hall–Kier alpha value is -0.0800. The molecule has 0 spiro atoms. The van der Waals surface area contributed by atoms with Gasteiger partial charge in [-0.25, -0.2) is 0 Å². The molecule has 78 valence electrons. The van der Waals surface area contributed by atoms with Crippen molar-refractivity contribution in [2.45, 2.75) is 32.6 Å². The Morgan fingerprint density at radius 1 is 1.31 bits per heavy atom. The second-order valence-electron chi connectivity index (χ2n) is 4.29. The summed E-state index contributed by atoms with van der Waals surface area (Å²) in [5.41, 5.74) is 0. The lowest BCUT2D eigenvalue weighted by atomic mass is 9.85. The second kappa shape index (κ2) is 6.39. The third-order valence-corrected chi connectivity index (χ3v) is 3.16. The van der Waals surface area contributed by atoms with E-state index in [0.29, 0.717) is 0 Å². The van der Waals surface area contributed by atoms with Crippen LogP contribution < -0.4 is 10.6 Å². The summed E-state index contributed by atoms with van der Waals surface area (Å²) in [6.45, 7) is 5.86. The smallest absolute Gasteiger partial charge is 0.000837 e. The van der Waals surface area contributed by atoms with E-state index in [2.05, 4.69) is 17.6 Å². The molecular formula is C11H24N2. The molecule has 0 aliphatic heterocycles. The molecule has 0 bridgehead atoms. The van der Waals surface area contributed by atoms with Crippen molar-refractivity contribution in [3.05, 3.63) is 0 Å². The average Bonchev–Trinajstić information content (AvgIpc) is 2.07. The Balaban J connectivity index is 1.94. The highest BCUT2D eigenvalue weighted by Crippen LogP contribution is 2.25. The third kappa shape index (κ3) is 4.10. The van der Waals surface area contributed by atoms with Gasteiger partial charge in [0.05, 0.1) is 0 Å². The van der Waals surface area contributed by atoms with Crippen molar-refractivity contribution in [3.63, 3.8) is 0 Å². The summed E-state index contributed by atoms with van der Waals surface area (Å²) < 4.78 is 0. The predicted molar refractivity (Wildman–Crippen MR) is 57.9 cm³/mol.